The third-order valence-electron chi connectivity index (χ3n) is 4.02. The summed E-state index contributed by atoms with van der Waals surface area (Å²) in [5.74, 6) is -2.37. The van der Waals surface area contributed by atoms with E-state index in [4.69, 9.17) is 5.11 Å². The number of aromatic carboxylic acids is 1. The van der Waals surface area contributed by atoms with Crippen LogP contribution >= 0.6 is 11.3 Å². The second-order valence-corrected chi connectivity index (χ2v) is 6.86. The zero-order valence-corrected chi connectivity index (χ0v) is 14.6. The number of aromatic nitrogens is 1. The van der Waals surface area contributed by atoms with E-state index in [-0.39, 0.29) is 11.4 Å². The van der Waals surface area contributed by atoms with Gasteiger partial charge in [-0.15, -0.1) is 0 Å². The number of carbonyl (C=O) groups is 1. The van der Waals surface area contributed by atoms with Crippen LogP contribution in [-0.2, 0) is 0 Å². The van der Waals surface area contributed by atoms with Crippen LogP contribution in [0.2, 0.25) is 0 Å². The first-order chi connectivity index (χ1) is 13.0. The van der Waals surface area contributed by atoms with E-state index in [1.54, 1.807) is 24.3 Å². The van der Waals surface area contributed by atoms with Crippen molar-refractivity contribution in [2.45, 2.75) is 0 Å². The number of anilines is 2. The van der Waals surface area contributed by atoms with Crippen molar-refractivity contribution in [3.05, 3.63) is 77.9 Å². The standard InChI is InChI=1S/C20H12F2N2O2S/c21-13-4-8-17-18(10-13)27-20(24-17)23-14-5-1-11(2-6-14)12-3-7-15(19(25)26)16(22)9-12/h1-10H,(H,23,24)(H,25,26). The average Bonchev–Trinajstić information content (AvgIpc) is 3.03. The Labute approximate surface area is 156 Å². The predicted molar refractivity (Wildman–Crippen MR) is 102 cm³/mol. The fourth-order valence-electron chi connectivity index (χ4n) is 2.69. The molecule has 0 bridgehead atoms. The summed E-state index contributed by atoms with van der Waals surface area (Å²) in [5.41, 5.74) is 2.47. The molecule has 0 fully saturated rings. The van der Waals surface area contributed by atoms with Crippen LogP contribution in [-0.4, -0.2) is 16.1 Å². The van der Waals surface area contributed by atoms with Gasteiger partial charge in [0.25, 0.3) is 0 Å². The van der Waals surface area contributed by atoms with Crippen molar-refractivity contribution in [2.24, 2.45) is 0 Å². The predicted octanol–water partition coefficient (Wildman–Crippen LogP) is 5.68. The fourth-order valence-corrected chi connectivity index (χ4v) is 3.60. The summed E-state index contributed by atoms with van der Waals surface area (Å²) in [6, 6.07) is 15.7. The van der Waals surface area contributed by atoms with Gasteiger partial charge in [-0.05, 0) is 53.6 Å². The molecule has 4 nitrogen and oxygen atoms in total. The van der Waals surface area contributed by atoms with Crippen molar-refractivity contribution in [3.63, 3.8) is 0 Å². The number of hydrogen-bond acceptors (Lipinski definition) is 4. The van der Waals surface area contributed by atoms with Crippen LogP contribution in [0, 0.1) is 11.6 Å². The Morgan fingerprint density at radius 3 is 2.41 bits per heavy atom. The Hall–Kier alpha value is -3.32. The molecule has 0 amide bonds. The molecule has 0 saturated carbocycles. The van der Waals surface area contributed by atoms with Crippen molar-refractivity contribution in [1.82, 2.24) is 4.98 Å². The monoisotopic (exact) mass is 382 g/mol. The van der Waals surface area contributed by atoms with Gasteiger partial charge >= 0.3 is 5.97 Å². The summed E-state index contributed by atoms with van der Waals surface area (Å²) >= 11 is 1.35. The van der Waals surface area contributed by atoms with Crippen LogP contribution in [0.3, 0.4) is 0 Å². The Kier molecular flexibility index (Phi) is 4.29. The lowest BCUT2D eigenvalue weighted by molar-refractivity contribution is 0.0692. The first-order valence-electron chi connectivity index (χ1n) is 7.96. The molecule has 3 aromatic carbocycles. The van der Waals surface area contributed by atoms with Gasteiger partial charge in [0.2, 0.25) is 0 Å². The molecule has 0 aliphatic carbocycles. The zero-order valence-electron chi connectivity index (χ0n) is 13.7. The quantitative estimate of drug-likeness (QED) is 0.476. The van der Waals surface area contributed by atoms with Crippen molar-refractivity contribution in [1.29, 1.82) is 0 Å². The van der Waals surface area contributed by atoms with Crippen LogP contribution < -0.4 is 5.32 Å². The summed E-state index contributed by atoms with van der Waals surface area (Å²) in [7, 11) is 0. The van der Waals surface area contributed by atoms with E-state index in [0.29, 0.717) is 10.7 Å². The lowest BCUT2D eigenvalue weighted by Gasteiger charge is -2.06. The largest absolute Gasteiger partial charge is 0.478 e. The van der Waals surface area contributed by atoms with Crippen molar-refractivity contribution >= 4 is 38.3 Å². The van der Waals surface area contributed by atoms with E-state index in [9.17, 15) is 13.6 Å². The molecule has 1 heterocycles. The molecule has 134 valence electrons. The van der Waals surface area contributed by atoms with E-state index < -0.39 is 11.8 Å². The second kappa shape index (κ2) is 6.77. The van der Waals surface area contributed by atoms with Gasteiger partial charge in [0.15, 0.2) is 5.13 Å². The van der Waals surface area contributed by atoms with Crippen LogP contribution in [0.4, 0.5) is 19.6 Å². The lowest BCUT2D eigenvalue weighted by atomic mass is 10.0. The van der Waals surface area contributed by atoms with Gasteiger partial charge in [-0.25, -0.2) is 18.6 Å². The van der Waals surface area contributed by atoms with Gasteiger partial charge in [-0.1, -0.05) is 29.5 Å². The SMILES string of the molecule is O=C(O)c1ccc(-c2ccc(Nc3nc4ccc(F)cc4s3)cc2)cc1F. The van der Waals surface area contributed by atoms with Gasteiger partial charge < -0.3 is 10.4 Å². The first-order valence-corrected chi connectivity index (χ1v) is 8.78. The number of carboxylic acids is 1. The molecule has 0 aliphatic rings. The van der Waals surface area contributed by atoms with Gasteiger partial charge in [0.1, 0.15) is 11.6 Å². The normalized spacial score (nSPS) is 10.9. The number of rotatable bonds is 4. The fraction of sp³-hybridized carbons (Fsp3) is 0. The topological polar surface area (TPSA) is 62.2 Å². The second-order valence-electron chi connectivity index (χ2n) is 5.83. The first kappa shape index (κ1) is 17.1. The highest BCUT2D eigenvalue weighted by Crippen LogP contribution is 2.30. The molecule has 4 rings (SSSR count). The summed E-state index contributed by atoms with van der Waals surface area (Å²) in [6.45, 7) is 0. The minimum atomic E-state index is -1.30. The number of halogens is 2. The molecular weight excluding hydrogens is 370 g/mol. The molecule has 0 radical (unpaired) electrons. The number of fused-ring (bicyclic) bond motifs is 1. The molecule has 0 aliphatic heterocycles. The molecule has 0 saturated heterocycles. The molecule has 1 aromatic heterocycles. The number of nitrogens with zero attached hydrogens (tertiary/aromatic N) is 1. The van der Waals surface area contributed by atoms with E-state index >= 15 is 0 Å². The zero-order chi connectivity index (χ0) is 19.0. The number of carboxylic acid groups (broad SMARTS) is 1. The van der Waals surface area contributed by atoms with Crippen LogP contribution in [0.5, 0.6) is 0 Å². The van der Waals surface area contributed by atoms with Gasteiger partial charge in [-0.3, -0.25) is 0 Å². The molecule has 7 heteroatoms. The third kappa shape index (κ3) is 3.50. The number of benzene rings is 3. The summed E-state index contributed by atoms with van der Waals surface area (Å²) in [4.78, 5) is 15.3. The van der Waals surface area contributed by atoms with E-state index in [0.717, 1.165) is 21.5 Å². The summed E-state index contributed by atoms with van der Waals surface area (Å²) < 4.78 is 27.9. The third-order valence-corrected chi connectivity index (χ3v) is 4.95. The molecule has 2 N–H and O–H groups in total. The lowest BCUT2D eigenvalue weighted by Crippen LogP contribution is -2.00. The highest BCUT2D eigenvalue weighted by atomic mass is 32.1. The molecule has 0 atom stereocenters. The van der Waals surface area contributed by atoms with Gasteiger partial charge in [0.05, 0.1) is 15.8 Å². The Morgan fingerprint density at radius 2 is 1.70 bits per heavy atom. The smallest absolute Gasteiger partial charge is 0.338 e. The van der Waals surface area contributed by atoms with Crippen LogP contribution in [0.25, 0.3) is 21.3 Å². The Bertz CT molecular complexity index is 1160. The summed E-state index contributed by atoms with van der Waals surface area (Å²) in [5, 5.41) is 12.7. The minimum Gasteiger partial charge on any atom is -0.478 e. The number of hydrogen-bond donors (Lipinski definition) is 2. The Balaban J connectivity index is 1.56. The van der Waals surface area contributed by atoms with Crippen LogP contribution in [0.15, 0.2) is 60.7 Å². The van der Waals surface area contributed by atoms with Crippen molar-refractivity contribution in [3.8, 4) is 11.1 Å². The van der Waals surface area contributed by atoms with E-state index in [2.05, 4.69) is 10.3 Å². The maximum Gasteiger partial charge on any atom is 0.338 e. The minimum absolute atomic E-state index is 0.303. The summed E-state index contributed by atoms with van der Waals surface area (Å²) in [6.07, 6.45) is 0. The van der Waals surface area contributed by atoms with E-state index in [1.807, 2.05) is 12.1 Å². The molecule has 4 aromatic rings. The van der Waals surface area contributed by atoms with Gasteiger partial charge in [-0.2, -0.15) is 0 Å². The Morgan fingerprint density at radius 1 is 0.963 bits per heavy atom. The van der Waals surface area contributed by atoms with E-state index in [1.165, 1.54) is 35.6 Å². The van der Waals surface area contributed by atoms with Gasteiger partial charge in [0, 0.05) is 5.69 Å². The maximum absolute atomic E-state index is 13.9. The average molecular weight is 382 g/mol. The van der Waals surface area contributed by atoms with Crippen molar-refractivity contribution in [2.75, 3.05) is 5.32 Å². The molecular formula is C20H12F2N2O2S. The highest BCUT2D eigenvalue weighted by Gasteiger charge is 2.11. The van der Waals surface area contributed by atoms with Crippen molar-refractivity contribution < 1.29 is 18.7 Å². The number of nitrogens with one attached hydrogen (secondary N) is 1. The van der Waals surface area contributed by atoms with Crippen LogP contribution in [0.1, 0.15) is 10.4 Å². The molecule has 0 spiro atoms. The number of thiazole rings is 1. The highest BCUT2D eigenvalue weighted by molar-refractivity contribution is 7.22. The molecule has 27 heavy (non-hydrogen) atoms. The maximum atomic E-state index is 13.9. The molecule has 0 unspecified atom stereocenters.